The normalized spacial score (nSPS) is 17.8. The average molecular weight is 278 g/mol. The van der Waals surface area contributed by atoms with Crippen molar-refractivity contribution < 1.29 is 19.4 Å². The molecule has 6 nitrogen and oxygen atoms in total. The lowest BCUT2D eigenvalue weighted by atomic mass is 10.1. The van der Waals surface area contributed by atoms with E-state index in [1.165, 1.54) is 17.0 Å². The lowest BCUT2D eigenvalue weighted by Crippen LogP contribution is -2.47. The molecule has 20 heavy (non-hydrogen) atoms. The molecule has 1 aliphatic rings. The molecule has 1 aromatic carbocycles. The molecule has 0 aromatic heterocycles. The van der Waals surface area contributed by atoms with Crippen LogP contribution in [0.3, 0.4) is 0 Å². The number of phenols is 1. The number of fused-ring (bicyclic) bond motifs is 1. The molecule has 1 atom stereocenters. The van der Waals surface area contributed by atoms with Gasteiger partial charge in [0.25, 0.3) is 0 Å². The van der Waals surface area contributed by atoms with E-state index in [4.69, 9.17) is 10.5 Å². The van der Waals surface area contributed by atoms with Crippen LogP contribution in [0, 0.1) is 0 Å². The van der Waals surface area contributed by atoms with Gasteiger partial charge in [0.05, 0.1) is 5.69 Å². The highest BCUT2D eigenvalue weighted by atomic mass is 16.6. The van der Waals surface area contributed by atoms with Crippen LogP contribution in [0.5, 0.6) is 5.75 Å². The van der Waals surface area contributed by atoms with Crippen LogP contribution in [0.15, 0.2) is 18.2 Å². The van der Waals surface area contributed by atoms with E-state index in [2.05, 4.69) is 0 Å². The molecule has 1 heterocycles. The van der Waals surface area contributed by atoms with Crippen molar-refractivity contribution in [3.8, 4) is 5.75 Å². The Morgan fingerprint density at radius 3 is 2.60 bits per heavy atom. The summed E-state index contributed by atoms with van der Waals surface area (Å²) in [5, 5.41) is 9.56. The predicted molar refractivity (Wildman–Crippen MR) is 73.5 cm³/mol. The van der Waals surface area contributed by atoms with E-state index < -0.39 is 23.6 Å². The van der Waals surface area contributed by atoms with Crippen LogP contribution in [0.4, 0.5) is 10.5 Å². The van der Waals surface area contributed by atoms with Crippen molar-refractivity contribution in [3.63, 3.8) is 0 Å². The van der Waals surface area contributed by atoms with E-state index in [0.717, 1.165) is 5.56 Å². The maximum absolute atomic E-state index is 12.3. The molecule has 0 saturated carbocycles. The number of ether oxygens (including phenoxy) is 1. The number of benzene rings is 1. The van der Waals surface area contributed by atoms with E-state index >= 15 is 0 Å². The molecule has 0 aliphatic carbocycles. The number of carbonyl (C=O) groups excluding carboxylic acids is 2. The van der Waals surface area contributed by atoms with Crippen molar-refractivity contribution in [3.05, 3.63) is 23.8 Å². The second kappa shape index (κ2) is 4.70. The molecule has 6 heteroatoms. The fourth-order valence-electron chi connectivity index (χ4n) is 2.18. The van der Waals surface area contributed by atoms with Gasteiger partial charge in [0, 0.05) is 12.5 Å². The smallest absolute Gasteiger partial charge is 0.415 e. The van der Waals surface area contributed by atoms with Gasteiger partial charge in [0.15, 0.2) is 0 Å². The minimum absolute atomic E-state index is 0.0161. The lowest BCUT2D eigenvalue weighted by molar-refractivity contribution is -0.119. The summed E-state index contributed by atoms with van der Waals surface area (Å²) in [4.78, 5) is 25.0. The third kappa shape index (κ3) is 2.68. The van der Waals surface area contributed by atoms with Gasteiger partial charge in [-0.3, -0.25) is 9.69 Å². The highest BCUT2D eigenvalue weighted by Crippen LogP contribution is 2.35. The van der Waals surface area contributed by atoms with E-state index in [1.54, 1.807) is 26.8 Å². The Morgan fingerprint density at radius 2 is 2.05 bits per heavy atom. The van der Waals surface area contributed by atoms with Crippen molar-refractivity contribution in [1.29, 1.82) is 0 Å². The number of anilines is 1. The average Bonchev–Trinajstić information content (AvgIpc) is 2.65. The van der Waals surface area contributed by atoms with Crippen molar-refractivity contribution in [2.45, 2.75) is 38.8 Å². The largest absolute Gasteiger partial charge is 0.508 e. The Morgan fingerprint density at radius 1 is 1.40 bits per heavy atom. The number of hydrogen-bond acceptors (Lipinski definition) is 4. The Labute approximate surface area is 117 Å². The Balaban J connectivity index is 2.39. The first kappa shape index (κ1) is 14.2. The molecule has 1 aromatic rings. The SMILES string of the molecule is CC(C)(C)OC(=O)N1c2cc(O)ccc2CC1C(N)=O. The zero-order valence-electron chi connectivity index (χ0n) is 11.7. The van der Waals surface area contributed by atoms with Crippen LogP contribution >= 0.6 is 0 Å². The van der Waals surface area contributed by atoms with Gasteiger partial charge in [-0.25, -0.2) is 4.79 Å². The molecule has 0 bridgehead atoms. The molecule has 1 aliphatic heterocycles. The number of nitrogens with two attached hydrogens (primary N) is 1. The zero-order chi connectivity index (χ0) is 15.1. The van der Waals surface area contributed by atoms with Crippen LogP contribution in [0.25, 0.3) is 0 Å². The van der Waals surface area contributed by atoms with E-state index in [9.17, 15) is 14.7 Å². The van der Waals surface area contributed by atoms with Crippen LogP contribution < -0.4 is 10.6 Å². The van der Waals surface area contributed by atoms with Gasteiger partial charge in [-0.2, -0.15) is 0 Å². The molecule has 1 unspecified atom stereocenters. The second-order valence-electron chi connectivity index (χ2n) is 5.79. The third-order valence-electron chi connectivity index (χ3n) is 2.97. The molecule has 0 fully saturated rings. The Hall–Kier alpha value is -2.24. The minimum Gasteiger partial charge on any atom is -0.508 e. The van der Waals surface area contributed by atoms with Crippen molar-refractivity contribution in [2.75, 3.05) is 4.90 Å². The zero-order valence-corrected chi connectivity index (χ0v) is 11.7. The summed E-state index contributed by atoms with van der Waals surface area (Å²) in [6, 6.07) is 3.82. The van der Waals surface area contributed by atoms with Crippen molar-refractivity contribution in [1.82, 2.24) is 0 Å². The fourth-order valence-corrected chi connectivity index (χ4v) is 2.18. The number of amides is 2. The number of carbonyl (C=O) groups is 2. The van der Waals surface area contributed by atoms with E-state index in [1.807, 2.05) is 0 Å². The summed E-state index contributed by atoms with van der Waals surface area (Å²) < 4.78 is 5.30. The number of primary amides is 1. The number of nitrogens with zero attached hydrogens (tertiary/aromatic N) is 1. The highest BCUT2D eigenvalue weighted by Gasteiger charge is 2.39. The van der Waals surface area contributed by atoms with Gasteiger partial charge >= 0.3 is 6.09 Å². The Kier molecular flexibility index (Phi) is 3.33. The first-order chi connectivity index (χ1) is 9.19. The maximum atomic E-state index is 12.3. The standard InChI is InChI=1S/C14H18N2O4/c1-14(2,3)20-13(19)16-10-7-9(17)5-4-8(10)6-11(16)12(15)18/h4-5,7,11,17H,6H2,1-3H3,(H2,15,18). The Bertz CT molecular complexity index is 563. The van der Waals surface area contributed by atoms with Crippen LogP contribution in [0.2, 0.25) is 0 Å². The fraction of sp³-hybridized carbons (Fsp3) is 0.429. The third-order valence-corrected chi connectivity index (χ3v) is 2.97. The van der Waals surface area contributed by atoms with Gasteiger partial charge in [-0.05, 0) is 32.4 Å². The van der Waals surface area contributed by atoms with Crippen LogP contribution in [-0.2, 0) is 16.0 Å². The van der Waals surface area contributed by atoms with Crippen molar-refractivity contribution in [2.24, 2.45) is 5.73 Å². The number of phenolic OH excluding ortho intramolecular Hbond substituents is 1. The van der Waals surface area contributed by atoms with E-state index in [-0.39, 0.29) is 5.75 Å². The lowest BCUT2D eigenvalue weighted by Gasteiger charge is -2.27. The van der Waals surface area contributed by atoms with Crippen molar-refractivity contribution >= 4 is 17.7 Å². The first-order valence-electron chi connectivity index (χ1n) is 6.32. The molecule has 0 saturated heterocycles. The molecule has 0 radical (unpaired) electrons. The van der Waals surface area contributed by atoms with Crippen LogP contribution in [0.1, 0.15) is 26.3 Å². The number of hydrogen-bond donors (Lipinski definition) is 2. The molecule has 0 spiro atoms. The quantitative estimate of drug-likeness (QED) is 0.815. The van der Waals surface area contributed by atoms with Gasteiger partial charge in [0.1, 0.15) is 17.4 Å². The van der Waals surface area contributed by atoms with Gasteiger partial charge in [0.2, 0.25) is 5.91 Å². The topological polar surface area (TPSA) is 92.9 Å². The summed E-state index contributed by atoms with van der Waals surface area (Å²) in [6.45, 7) is 5.22. The monoisotopic (exact) mass is 278 g/mol. The molecule has 2 amide bonds. The summed E-state index contributed by atoms with van der Waals surface area (Å²) in [5.74, 6) is -0.589. The molecule has 3 N–H and O–H groups in total. The maximum Gasteiger partial charge on any atom is 0.415 e. The number of aromatic hydroxyl groups is 1. The van der Waals surface area contributed by atoms with E-state index in [0.29, 0.717) is 12.1 Å². The highest BCUT2D eigenvalue weighted by molar-refractivity contribution is 6.00. The summed E-state index contributed by atoms with van der Waals surface area (Å²) in [5.41, 5.74) is 5.91. The number of rotatable bonds is 1. The molecule has 108 valence electrons. The summed E-state index contributed by atoms with van der Waals surface area (Å²) >= 11 is 0. The molecular weight excluding hydrogens is 260 g/mol. The van der Waals surface area contributed by atoms with Gasteiger partial charge < -0.3 is 15.6 Å². The first-order valence-corrected chi connectivity index (χ1v) is 6.32. The van der Waals surface area contributed by atoms with Crippen LogP contribution in [-0.4, -0.2) is 28.7 Å². The molecule has 2 rings (SSSR count). The minimum atomic E-state index is -0.790. The van der Waals surface area contributed by atoms with Gasteiger partial charge in [-0.1, -0.05) is 6.07 Å². The second-order valence-corrected chi connectivity index (χ2v) is 5.79. The summed E-state index contributed by atoms with van der Waals surface area (Å²) in [7, 11) is 0. The predicted octanol–water partition coefficient (Wildman–Crippen LogP) is 1.54. The molecular formula is C14H18N2O4. The summed E-state index contributed by atoms with van der Waals surface area (Å²) in [6.07, 6.45) is -0.324. The van der Waals surface area contributed by atoms with Gasteiger partial charge in [-0.15, -0.1) is 0 Å².